The summed E-state index contributed by atoms with van der Waals surface area (Å²) in [6, 6.07) is 3.67. The van der Waals surface area contributed by atoms with Gasteiger partial charge in [0, 0.05) is 11.5 Å². The van der Waals surface area contributed by atoms with Crippen LogP contribution in [-0.4, -0.2) is 13.2 Å². The molecule has 0 saturated carbocycles. The zero-order valence-electron chi connectivity index (χ0n) is 10.7. The third kappa shape index (κ3) is 3.09. The van der Waals surface area contributed by atoms with Crippen molar-refractivity contribution in [2.45, 2.75) is 26.1 Å². The third-order valence-corrected chi connectivity index (χ3v) is 3.11. The SMILES string of the molecule is CCCC1COC(c2cc(F)c(C#N)c(F)c2)OC1. The van der Waals surface area contributed by atoms with E-state index < -0.39 is 23.5 Å². The largest absolute Gasteiger partial charge is 0.348 e. The Morgan fingerprint density at radius 2 is 1.84 bits per heavy atom. The first kappa shape index (κ1) is 13.9. The molecule has 1 aromatic rings. The van der Waals surface area contributed by atoms with E-state index in [1.807, 2.05) is 0 Å². The van der Waals surface area contributed by atoms with Gasteiger partial charge in [-0.05, 0) is 18.6 Å². The molecule has 1 aliphatic heterocycles. The van der Waals surface area contributed by atoms with Crippen molar-refractivity contribution in [1.29, 1.82) is 5.26 Å². The van der Waals surface area contributed by atoms with Crippen molar-refractivity contribution in [2.24, 2.45) is 5.92 Å². The molecule has 1 fully saturated rings. The number of rotatable bonds is 3. The number of ether oxygens (including phenoxy) is 2. The Morgan fingerprint density at radius 1 is 1.26 bits per heavy atom. The Morgan fingerprint density at radius 3 is 2.32 bits per heavy atom. The molecule has 0 unspecified atom stereocenters. The van der Waals surface area contributed by atoms with E-state index in [9.17, 15) is 8.78 Å². The van der Waals surface area contributed by atoms with E-state index in [-0.39, 0.29) is 5.56 Å². The van der Waals surface area contributed by atoms with E-state index in [1.165, 1.54) is 6.07 Å². The maximum Gasteiger partial charge on any atom is 0.184 e. The van der Waals surface area contributed by atoms with E-state index >= 15 is 0 Å². The molecular weight excluding hydrogens is 252 g/mol. The van der Waals surface area contributed by atoms with Crippen LogP contribution >= 0.6 is 0 Å². The normalized spacial score (nSPS) is 23.1. The van der Waals surface area contributed by atoms with Crippen LogP contribution in [0.15, 0.2) is 12.1 Å². The van der Waals surface area contributed by atoms with Crippen LogP contribution in [0.25, 0.3) is 0 Å². The summed E-state index contributed by atoms with van der Waals surface area (Å²) < 4.78 is 37.9. The molecule has 0 aliphatic carbocycles. The lowest BCUT2D eigenvalue weighted by Crippen LogP contribution is -2.27. The summed E-state index contributed by atoms with van der Waals surface area (Å²) in [6.07, 6.45) is 1.29. The molecule has 5 heteroatoms. The average molecular weight is 267 g/mol. The maximum absolute atomic E-state index is 13.5. The molecule has 102 valence electrons. The smallest absolute Gasteiger partial charge is 0.184 e. The molecule has 0 amide bonds. The van der Waals surface area contributed by atoms with Crippen molar-refractivity contribution in [3.8, 4) is 6.07 Å². The van der Waals surface area contributed by atoms with Gasteiger partial charge in [-0.25, -0.2) is 8.78 Å². The number of benzene rings is 1. The fourth-order valence-corrected chi connectivity index (χ4v) is 2.15. The first-order chi connectivity index (χ1) is 9.15. The van der Waals surface area contributed by atoms with Crippen LogP contribution in [-0.2, 0) is 9.47 Å². The molecule has 3 nitrogen and oxygen atoms in total. The number of hydrogen-bond donors (Lipinski definition) is 0. The highest BCUT2D eigenvalue weighted by Crippen LogP contribution is 2.28. The summed E-state index contributed by atoms with van der Waals surface area (Å²) >= 11 is 0. The van der Waals surface area contributed by atoms with Crippen LogP contribution in [0.5, 0.6) is 0 Å². The predicted octanol–water partition coefficient (Wildman–Crippen LogP) is 3.30. The number of nitrogens with zero attached hydrogens (tertiary/aromatic N) is 1. The summed E-state index contributed by atoms with van der Waals surface area (Å²) in [4.78, 5) is 0. The van der Waals surface area contributed by atoms with Crippen molar-refractivity contribution in [1.82, 2.24) is 0 Å². The van der Waals surface area contributed by atoms with Gasteiger partial charge in [0.05, 0.1) is 13.2 Å². The summed E-state index contributed by atoms with van der Waals surface area (Å²) in [6.45, 7) is 3.11. The highest BCUT2D eigenvalue weighted by molar-refractivity contribution is 5.35. The molecule has 0 atom stereocenters. The Bertz CT molecular complexity index is 468. The number of halogens is 2. The fraction of sp³-hybridized carbons (Fsp3) is 0.500. The second kappa shape index (κ2) is 6.09. The van der Waals surface area contributed by atoms with Crippen LogP contribution in [0.4, 0.5) is 8.78 Å². The van der Waals surface area contributed by atoms with Crippen molar-refractivity contribution in [2.75, 3.05) is 13.2 Å². The molecule has 1 aliphatic rings. The van der Waals surface area contributed by atoms with Gasteiger partial charge in [0.25, 0.3) is 0 Å². The van der Waals surface area contributed by atoms with E-state index in [0.29, 0.717) is 19.1 Å². The number of hydrogen-bond acceptors (Lipinski definition) is 3. The molecule has 0 N–H and O–H groups in total. The first-order valence-corrected chi connectivity index (χ1v) is 6.28. The van der Waals surface area contributed by atoms with Gasteiger partial charge in [-0.15, -0.1) is 0 Å². The molecule has 0 bridgehead atoms. The Kier molecular flexibility index (Phi) is 4.46. The van der Waals surface area contributed by atoms with E-state index in [4.69, 9.17) is 14.7 Å². The summed E-state index contributed by atoms with van der Waals surface area (Å²) in [5.74, 6) is -1.45. The van der Waals surface area contributed by atoms with Gasteiger partial charge in [0.15, 0.2) is 6.29 Å². The highest BCUT2D eigenvalue weighted by Gasteiger charge is 2.25. The first-order valence-electron chi connectivity index (χ1n) is 6.28. The van der Waals surface area contributed by atoms with E-state index in [1.54, 1.807) is 0 Å². The molecule has 0 aromatic heterocycles. The third-order valence-electron chi connectivity index (χ3n) is 3.11. The Hall–Kier alpha value is -1.51. The lowest BCUT2D eigenvalue weighted by atomic mass is 10.0. The fourth-order valence-electron chi connectivity index (χ4n) is 2.15. The topological polar surface area (TPSA) is 42.2 Å². The van der Waals surface area contributed by atoms with Crippen molar-refractivity contribution in [3.05, 3.63) is 34.9 Å². The molecule has 1 aromatic carbocycles. The lowest BCUT2D eigenvalue weighted by Gasteiger charge is -2.29. The molecule has 19 heavy (non-hydrogen) atoms. The van der Waals surface area contributed by atoms with Crippen LogP contribution in [0.3, 0.4) is 0 Å². The number of nitriles is 1. The van der Waals surface area contributed by atoms with E-state index in [0.717, 1.165) is 25.0 Å². The molecule has 1 heterocycles. The van der Waals surface area contributed by atoms with Gasteiger partial charge in [-0.2, -0.15) is 5.26 Å². The minimum absolute atomic E-state index is 0.268. The Balaban J connectivity index is 2.10. The minimum atomic E-state index is -0.889. The van der Waals surface area contributed by atoms with E-state index in [2.05, 4.69) is 6.92 Å². The average Bonchev–Trinajstić information content (AvgIpc) is 2.39. The molecule has 0 spiro atoms. The maximum atomic E-state index is 13.5. The summed E-state index contributed by atoms with van der Waals surface area (Å²) in [5, 5.41) is 8.60. The quantitative estimate of drug-likeness (QED) is 0.843. The van der Waals surface area contributed by atoms with Crippen molar-refractivity contribution in [3.63, 3.8) is 0 Å². The van der Waals surface area contributed by atoms with Crippen LogP contribution in [0.2, 0.25) is 0 Å². The summed E-state index contributed by atoms with van der Waals surface area (Å²) in [5.41, 5.74) is -0.313. The van der Waals surface area contributed by atoms with Gasteiger partial charge in [0.2, 0.25) is 0 Å². The second-order valence-corrected chi connectivity index (χ2v) is 4.62. The zero-order valence-corrected chi connectivity index (χ0v) is 10.7. The van der Waals surface area contributed by atoms with Gasteiger partial charge in [-0.1, -0.05) is 13.3 Å². The molecule has 0 radical (unpaired) electrons. The minimum Gasteiger partial charge on any atom is -0.348 e. The van der Waals surface area contributed by atoms with Crippen LogP contribution < -0.4 is 0 Å². The van der Waals surface area contributed by atoms with Gasteiger partial charge in [0.1, 0.15) is 23.3 Å². The second-order valence-electron chi connectivity index (χ2n) is 4.62. The molecule has 1 saturated heterocycles. The standard InChI is InChI=1S/C14H15F2NO2/c1-2-3-9-7-18-14(19-8-9)10-4-12(15)11(6-17)13(16)5-10/h4-5,9,14H,2-3,7-8H2,1H3. The van der Waals surface area contributed by atoms with Gasteiger partial charge >= 0.3 is 0 Å². The monoisotopic (exact) mass is 267 g/mol. The lowest BCUT2D eigenvalue weighted by molar-refractivity contribution is -0.206. The highest BCUT2D eigenvalue weighted by atomic mass is 19.1. The van der Waals surface area contributed by atoms with Gasteiger partial charge < -0.3 is 9.47 Å². The summed E-state index contributed by atoms with van der Waals surface area (Å²) in [7, 11) is 0. The van der Waals surface area contributed by atoms with Crippen molar-refractivity contribution < 1.29 is 18.3 Å². The van der Waals surface area contributed by atoms with Crippen molar-refractivity contribution >= 4 is 0 Å². The Labute approximate surface area is 110 Å². The molecular formula is C14H15F2NO2. The molecule has 2 rings (SSSR count). The predicted molar refractivity (Wildman–Crippen MR) is 64.1 cm³/mol. The van der Waals surface area contributed by atoms with Crippen LogP contribution in [0.1, 0.15) is 37.2 Å². The zero-order chi connectivity index (χ0) is 13.8. The van der Waals surface area contributed by atoms with Gasteiger partial charge in [-0.3, -0.25) is 0 Å². The van der Waals surface area contributed by atoms with Crippen LogP contribution in [0, 0.1) is 28.9 Å².